The lowest BCUT2D eigenvalue weighted by molar-refractivity contribution is 0.0989. The second kappa shape index (κ2) is 5.72. The van der Waals surface area contributed by atoms with Gasteiger partial charge in [-0.05, 0) is 42.3 Å². The fourth-order valence-electron chi connectivity index (χ4n) is 1.78. The van der Waals surface area contributed by atoms with Crippen LogP contribution in [0.3, 0.4) is 0 Å². The highest BCUT2D eigenvalue weighted by molar-refractivity contribution is 6.42. The summed E-state index contributed by atoms with van der Waals surface area (Å²) in [5.74, 6) is -0.777. The molecular formula is C15H11Cl2FO. The van der Waals surface area contributed by atoms with Crippen molar-refractivity contribution in [1.82, 2.24) is 0 Å². The van der Waals surface area contributed by atoms with Crippen molar-refractivity contribution in [3.8, 4) is 0 Å². The maximum Gasteiger partial charge on any atom is 0.170 e. The minimum absolute atomic E-state index is 0.0941. The van der Waals surface area contributed by atoms with Crippen LogP contribution in [0.5, 0.6) is 0 Å². The summed E-state index contributed by atoms with van der Waals surface area (Å²) in [5.41, 5.74) is 1.58. The Morgan fingerprint density at radius 3 is 2.47 bits per heavy atom. The zero-order valence-electron chi connectivity index (χ0n) is 10.2. The Labute approximate surface area is 121 Å². The first kappa shape index (κ1) is 14.0. The second-order valence-corrected chi connectivity index (χ2v) is 5.15. The molecule has 2 aromatic rings. The van der Waals surface area contributed by atoms with Gasteiger partial charge >= 0.3 is 0 Å². The van der Waals surface area contributed by atoms with Crippen molar-refractivity contribution < 1.29 is 9.18 Å². The van der Waals surface area contributed by atoms with E-state index in [1.54, 1.807) is 31.2 Å². The van der Waals surface area contributed by atoms with Crippen LogP contribution >= 0.6 is 23.2 Å². The maximum absolute atomic E-state index is 13.7. The maximum atomic E-state index is 13.7. The Hall–Kier alpha value is -1.38. The molecular weight excluding hydrogens is 286 g/mol. The van der Waals surface area contributed by atoms with Gasteiger partial charge in [0, 0.05) is 6.42 Å². The number of carbonyl (C=O) groups is 1. The third-order valence-corrected chi connectivity index (χ3v) is 3.51. The van der Waals surface area contributed by atoms with Crippen LogP contribution in [0.1, 0.15) is 21.5 Å². The van der Waals surface area contributed by atoms with Gasteiger partial charge in [0.2, 0.25) is 0 Å². The second-order valence-electron chi connectivity index (χ2n) is 4.33. The largest absolute Gasteiger partial charge is 0.294 e. The van der Waals surface area contributed by atoms with Crippen LogP contribution in [0.25, 0.3) is 0 Å². The van der Waals surface area contributed by atoms with Crippen molar-refractivity contribution in [3.05, 3.63) is 69.0 Å². The summed E-state index contributed by atoms with van der Waals surface area (Å²) in [6.45, 7) is 1.77. The molecule has 0 fully saturated rings. The van der Waals surface area contributed by atoms with E-state index in [2.05, 4.69) is 0 Å². The van der Waals surface area contributed by atoms with E-state index in [1.807, 2.05) is 0 Å². The predicted octanol–water partition coefficient (Wildman–Crippen LogP) is 4.87. The fourth-order valence-corrected chi connectivity index (χ4v) is 2.10. The van der Waals surface area contributed by atoms with Crippen LogP contribution < -0.4 is 0 Å². The lowest BCUT2D eigenvalue weighted by atomic mass is 10.0. The predicted molar refractivity (Wildman–Crippen MR) is 75.6 cm³/mol. The Kier molecular flexibility index (Phi) is 4.23. The molecule has 98 valence electrons. The van der Waals surface area contributed by atoms with Gasteiger partial charge in [-0.15, -0.1) is 0 Å². The SMILES string of the molecule is Cc1ccc(C(=O)Cc2ccc(Cl)c(Cl)c2)c(F)c1. The third-order valence-electron chi connectivity index (χ3n) is 2.77. The van der Waals surface area contributed by atoms with Crippen LogP contribution in [0.15, 0.2) is 36.4 Å². The van der Waals surface area contributed by atoms with E-state index >= 15 is 0 Å². The molecule has 0 amide bonds. The average molecular weight is 297 g/mol. The number of benzene rings is 2. The zero-order chi connectivity index (χ0) is 14.0. The molecule has 0 N–H and O–H groups in total. The van der Waals surface area contributed by atoms with Crippen LogP contribution in [0.4, 0.5) is 4.39 Å². The standard InChI is InChI=1S/C15H11Cl2FO/c1-9-2-4-11(14(18)6-9)15(19)8-10-3-5-12(16)13(17)7-10/h2-7H,8H2,1H3. The van der Waals surface area contributed by atoms with Crippen LogP contribution in [0.2, 0.25) is 10.0 Å². The van der Waals surface area contributed by atoms with E-state index in [0.717, 1.165) is 5.56 Å². The van der Waals surface area contributed by atoms with Crippen LogP contribution in [-0.4, -0.2) is 5.78 Å². The van der Waals surface area contributed by atoms with Crippen molar-refractivity contribution in [2.45, 2.75) is 13.3 Å². The topological polar surface area (TPSA) is 17.1 Å². The smallest absolute Gasteiger partial charge is 0.170 e. The first-order valence-corrected chi connectivity index (χ1v) is 6.46. The molecule has 19 heavy (non-hydrogen) atoms. The molecule has 2 aromatic carbocycles. The first-order chi connectivity index (χ1) is 8.97. The molecule has 0 aromatic heterocycles. The molecule has 1 nitrogen and oxygen atoms in total. The first-order valence-electron chi connectivity index (χ1n) is 5.70. The molecule has 0 unspecified atom stereocenters. The summed E-state index contributed by atoms with van der Waals surface area (Å²) in [7, 11) is 0. The van der Waals surface area contributed by atoms with E-state index in [9.17, 15) is 9.18 Å². The Morgan fingerprint density at radius 1 is 1.11 bits per heavy atom. The number of halogens is 3. The summed E-state index contributed by atoms with van der Waals surface area (Å²) < 4.78 is 13.7. The highest BCUT2D eigenvalue weighted by atomic mass is 35.5. The molecule has 0 radical (unpaired) electrons. The molecule has 0 atom stereocenters. The van der Waals surface area contributed by atoms with Crippen LogP contribution in [0, 0.1) is 12.7 Å². The molecule has 4 heteroatoms. The molecule has 0 spiro atoms. The number of rotatable bonds is 3. The third kappa shape index (κ3) is 3.34. The fraction of sp³-hybridized carbons (Fsp3) is 0.133. The minimum atomic E-state index is -0.495. The van der Waals surface area contributed by atoms with E-state index in [-0.39, 0.29) is 17.8 Å². The summed E-state index contributed by atoms with van der Waals surface area (Å²) in [4.78, 5) is 12.0. The molecule has 0 bridgehead atoms. The van der Waals surface area contributed by atoms with Gasteiger partial charge in [-0.2, -0.15) is 0 Å². The van der Waals surface area contributed by atoms with Gasteiger partial charge < -0.3 is 0 Å². The molecule has 0 saturated heterocycles. The number of aryl methyl sites for hydroxylation is 1. The van der Waals surface area contributed by atoms with E-state index in [4.69, 9.17) is 23.2 Å². The van der Waals surface area contributed by atoms with E-state index in [0.29, 0.717) is 15.6 Å². The minimum Gasteiger partial charge on any atom is -0.294 e. The number of hydrogen-bond acceptors (Lipinski definition) is 1. The number of carbonyl (C=O) groups excluding carboxylic acids is 1. The van der Waals surface area contributed by atoms with Crippen molar-refractivity contribution in [2.24, 2.45) is 0 Å². The summed E-state index contributed by atoms with van der Waals surface area (Å²) >= 11 is 11.7. The van der Waals surface area contributed by atoms with Gasteiger partial charge in [0.25, 0.3) is 0 Å². The van der Waals surface area contributed by atoms with Gasteiger partial charge in [-0.25, -0.2) is 4.39 Å². The van der Waals surface area contributed by atoms with Gasteiger partial charge in [0.1, 0.15) is 5.82 Å². The number of Topliss-reactive ketones (excluding diaryl/α,β-unsaturated/α-hetero) is 1. The number of hydrogen-bond donors (Lipinski definition) is 0. The molecule has 0 heterocycles. The number of ketones is 1. The zero-order valence-corrected chi connectivity index (χ0v) is 11.7. The Bertz CT molecular complexity index is 638. The molecule has 0 aliphatic heterocycles. The highest BCUT2D eigenvalue weighted by Gasteiger charge is 2.13. The van der Waals surface area contributed by atoms with Crippen molar-refractivity contribution in [1.29, 1.82) is 0 Å². The summed E-state index contributed by atoms with van der Waals surface area (Å²) in [5, 5.41) is 0.815. The summed E-state index contributed by atoms with van der Waals surface area (Å²) in [6, 6.07) is 9.52. The van der Waals surface area contributed by atoms with Gasteiger partial charge in [-0.3, -0.25) is 4.79 Å². The van der Waals surface area contributed by atoms with E-state index < -0.39 is 5.82 Å². The lowest BCUT2D eigenvalue weighted by Crippen LogP contribution is -2.06. The van der Waals surface area contributed by atoms with Crippen molar-refractivity contribution in [3.63, 3.8) is 0 Å². The molecule has 0 aliphatic rings. The molecule has 0 saturated carbocycles. The van der Waals surface area contributed by atoms with Crippen LogP contribution in [-0.2, 0) is 6.42 Å². The quantitative estimate of drug-likeness (QED) is 0.739. The lowest BCUT2D eigenvalue weighted by Gasteiger charge is -2.05. The molecule has 2 rings (SSSR count). The Morgan fingerprint density at radius 2 is 1.84 bits per heavy atom. The normalized spacial score (nSPS) is 10.5. The van der Waals surface area contributed by atoms with E-state index in [1.165, 1.54) is 12.1 Å². The summed E-state index contributed by atoms with van der Waals surface area (Å²) in [6.07, 6.45) is 0.0941. The van der Waals surface area contributed by atoms with Gasteiger partial charge in [-0.1, -0.05) is 35.3 Å². The van der Waals surface area contributed by atoms with Crippen molar-refractivity contribution in [2.75, 3.05) is 0 Å². The highest BCUT2D eigenvalue weighted by Crippen LogP contribution is 2.23. The molecule has 0 aliphatic carbocycles. The monoisotopic (exact) mass is 296 g/mol. The average Bonchev–Trinajstić information content (AvgIpc) is 2.33. The van der Waals surface area contributed by atoms with Crippen molar-refractivity contribution >= 4 is 29.0 Å². The Balaban J connectivity index is 2.23. The van der Waals surface area contributed by atoms with Gasteiger partial charge in [0.15, 0.2) is 5.78 Å². The van der Waals surface area contributed by atoms with Gasteiger partial charge in [0.05, 0.1) is 15.6 Å².